The van der Waals surface area contributed by atoms with Gasteiger partial charge in [0, 0.05) is 29.8 Å². The minimum atomic E-state index is 0.192. The summed E-state index contributed by atoms with van der Waals surface area (Å²) in [5.74, 6) is 0.192. The van der Waals surface area contributed by atoms with Crippen LogP contribution >= 0.6 is 0 Å². The first-order valence-corrected chi connectivity index (χ1v) is 6.89. The minimum absolute atomic E-state index is 0.192. The Labute approximate surface area is 113 Å². The maximum atomic E-state index is 12.2. The van der Waals surface area contributed by atoms with Gasteiger partial charge < -0.3 is 5.73 Å². The molecule has 2 rings (SSSR count). The van der Waals surface area contributed by atoms with E-state index < -0.39 is 0 Å². The molecule has 0 atom stereocenters. The number of carbonyl (C=O) groups excluding carboxylic acids is 1. The molecule has 0 fully saturated rings. The van der Waals surface area contributed by atoms with Gasteiger partial charge in [0.1, 0.15) is 0 Å². The van der Waals surface area contributed by atoms with Crippen LogP contribution in [0.3, 0.4) is 0 Å². The molecule has 0 bridgehead atoms. The number of hydrogen-bond donors (Lipinski definition) is 1. The van der Waals surface area contributed by atoms with Crippen LogP contribution in [0.5, 0.6) is 0 Å². The SMILES string of the molecule is NCCCCCCC(=O)c1cncc2ccccc12. The van der Waals surface area contributed by atoms with Gasteiger partial charge in [-0.15, -0.1) is 0 Å². The van der Waals surface area contributed by atoms with Crippen molar-refractivity contribution in [3.8, 4) is 0 Å². The van der Waals surface area contributed by atoms with E-state index in [-0.39, 0.29) is 5.78 Å². The largest absolute Gasteiger partial charge is 0.330 e. The van der Waals surface area contributed by atoms with Crippen LogP contribution in [0, 0.1) is 0 Å². The molecule has 1 aromatic carbocycles. The zero-order valence-electron chi connectivity index (χ0n) is 11.1. The molecule has 3 nitrogen and oxygen atoms in total. The molecule has 0 radical (unpaired) electrons. The normalized spacial score (nSPS) is 10.8. The number of unbranched alkanes of at least 4 members (excludes halogenated alkanes) is 3. The maximum absolute atomic E-state index is 12.2. The molecular formula is C16H20N2O. The molecule has 0 unspecified atom stereocenters. The van der Waals surface area contributed by atoms with Crippen LogP contribution in [-0.2, 0) is 0 Å². The second kappa shape index (κ2) is 7.00. The summed E-state index contributed by atoms with van der Waals surface area (Å²) in [6.07, 6.45) is 8.24. The van der Waals surface area contributed by atoms with Crippen molar-refractivity contribution in [2.24, 2.45) is 5.73 Å². The third kappa shape index (κ3) is 3.61. The summed E-state index contributed by atoms with van der Waals surface area (Å²) in [6, 6.07) is 7.89. The predicted molar refractivity (Wildman–Crippen MR) is 78.2 cm³/mol. The van der Waals surface area contributed by atoms with Gasteiger partial charge in [-0.25, -0.2) is 0 Å². The highest BCUT2D eigenvalue weighted by atomic mass is 16.1. The highest BCUT2D eigenvalue weighted by Gasteiger charge is 2.09. The predicted octanol–water partition coefficient (Wildman–Crippen LogP) is 3.33. The fourth-order valence-electron chi connectivity index (χ4n) is 2.26. The average Bonchev–Trinajstić information content (AvgIpc) is 2.46. The minimum Gasteiger partial charge on any atom is -0.330 e. The van der Waals surface area contributed by atoms with Gasteiger partial charge in [-0.05, 0) is 24.8 Å². The number of aromatic nitrogens is 1. The van der Waals surface area contributed by atoms with E-state index in [1.54, 1.807) is 12.4 Å². The second-order valence-electron chi connectivity index (χ2n) is 4.78. The van der Waals surface area contributed by atoms with Crippen LogP contribution in [0.2, 0.25) is 0 Å². The van der Waals surface area contributed by atoms with E-state index in [1.807, 2.05) is 24.3 Å². The molecule has 19 heavy (non-hydrogen) atoms. The first kappa shape index (κ1) is 13.7. The van der Waals surface area contributed by atoms with Gasteiger partial charge in [0.25, 0.3) is 0 Å². The zero-order chi connectivity index (χ0) is 13.5. The Morgan fingerprint density at radius 2 is 1.84 bits per heavy atom. The average molecular weight is 256 g/mol. The van der Waals surface area contributed by atoms with Crippen LogP contribution in [0.25, 0.3) is 10.8 Å². The van der Waals surface area contributed by atoms with Gasteiger partial charge in [0.05, 0.1) is 0 Å². The van der Waals surface area contributed by atoms with E-state index in [0.717, 1.165) is 48.6 Å². The zero-order valence-corrected chi connectivity index (χ0v) is 11.1. The summed E-state index contributed by atoms with van der Waals surface area (Å²) in [7, 11) is 0. The molecule has 2 aromatic rings. The molecule has 1 aromatic heterocycles. The second-order valence-corrected chi connectivity index (χ2v) is 4.78. The molecule has 3 heteroatoms. The molecule has 2 N–H and O–H groups in total. The van der Waals surface area contributed by atoms with Crippen molar-refractivity contribution in [2.45, 2.75) is 32.1 Å². The Hall–Kier alpha value is -1.74. The molecule has 0 spiro atoms. The molecule has 0 aliphatic heterocycles. The van der Waals surface area contributed by atoms with Crippen molar-refractivity contribution in [3.63, 3.8) is 0 Å². The van der Waals surface area contributed by atoms with Crippen molar-refractivity contribution in [1.29, 1.82) is 0 Å². The topological polar surface area (TPSA) is 56.0 Å². The number of fused-ring (bicyclic) bond motifs is 1. The number of carbonyl (C=O) groups is 1. The Morgan fingerprint density at radius 3 is 2.68 bits per heavy atom. The van der Waals surface area contributed by atoms with Crippen molar-refractivity contribution in [2.75, 3.05) is 6.54 Å². The van der Waals surface area contributed by atoms with Gasteiger partial charge in [0.2, 0.25) is 0 Å². The van der Waals surface area contributed by atoms with Gasteiger partial charge in [-0.3, -0.25) is 9.78 Å². The molecule has 0 aliphatic rings. The number of Topliss-reactive ketones (excluding diaryl/α,β-unsaturated/α-hetero) is 1. The van der Waals surface area contributed by atoms with Gasteiger partial charge in [0.15, 0.2) is 5.78 Å². The number of pyridine rings is 1. The first-order chi connectivity index (χ1) is 9.33. The maximum Gasteiger partial charge on any atom is 0.165 e. The summed E-state index contributed by atoms with van der Waals surface area (Å²) >= 11 is 0. The van der Waals surface area contributed by atoms with Crippen LogP contribution < -0.4 is 5.73 Å². The Balaban J connectivity index is 2.01. The number of benzene rings is 1. The fourth-order valence-corrected chi connectivity index (χ4v) is 2.26. The molecular weight excluding hydrogens is 236 g/mol. The summed E-state index contributed by atoms with van der Waals surface area (Å²) in [4.78, 5) is 16.4. The summed E-state index contributed by atoms with van der Waals surface area (Å²) in [5, 5.41) is 2.03. The van der Waals surface area contributed by atoms with Crippen molar-refractivity contribution in [1.82, 2.24) is 4.98 Å². The molecule has 0 saturated heterocycles. The molecule has 100 valence electrons. The smallest absolute Gasteiger partial charge is 0.165 e. The number of ketones is 1. The third-order valence-corrected chi connectivity index (χ3v) is 3.33. The third-order valence-electron chi connectivity index (χ3n) is 3.33. The fraction of sp³-hybridized carbons (Fsp3) is 0.375. The lowest BCUT2D eigenvalue weighted by Crippen LogP contribution is -2.02. The van der Waals surface area contributed by atoms with E-state index >= 15 is 0 Å². The van der Waals surface area contributed by atoms with Crippen LogP contribution in [0.1, 0.15) is 42.5 Å². The quantitative estimate of drug-likeness (QED) is 0.610. The Bertz CT molecular complexity index is 546. The Morgan fingerprint density at radius 1 is 1.05 bits per heavy atom. The van der Waals surface area contributed by atoms with Crippen molar-refractivity contribution in [3.05, 3.63) is 42.2 Å². The summed E-state index contributed by atoms with van der Waals surface area (Å²) in [6.45, 7) is 0.737. The lowest BCUT2D eigenvalue weighted by molar-refractivity contribution is 0.0980. The van der Waals surface area contributed by atoms with Gasteiger partial charge in [-0.2, -0.15) is 0 Å². The van der Waals surface area contributed by atoms with E-state index in [9.17, 15) is 4.79 Å². The first-order valence-electron chi connectivity index (χ1n) is 6.89. The number of nitrogens with two attached hydrogens (primary N) is 1. The molecule has 0 amide bonds. The molecule has 0 saturated carbocycles. The van der Waals surface area contributed by atoms with Crippen LogP contribution in [0.15, 0.2) is 36.7 Å². The van der Waals surface area contributed by atoms with E-state index in [4.69, 9.17) is 5.73 Å². The van der Waals surface area contributed by atoms with E-state index in [0.29, 0.717) is 6.42 Å². The van der Waals surface area contributed by atoms with Gasteiger partial charge in [-0.1, -0.05) is 37.1 Å². The van der Waals surface area contributed by atoms with Crippen molar-refractivity contribution < 1.29 is 4.79 Å². The van der Waals surface area contributed by atoms with Crippen LogP contribution in [-0.4, -0.2) is 17.3 Å². The summed E-state index contributed by atoms with van der Waals surface area (Å²) in [5.41, 5.74) is 6.20. The van der Waals surface area contributed by atoms with E-state index in [2.05, 4.69) is 4.98 Å². The van der Waals surface area contributed by atoms with Gasteiger partial charge >= 0.3 is 0 Å². The Kier molecular flexibility index (Phi) is 5.04. The lowest BCUT2D eigenvalue weighted by Gasteiger charge is -2.05. The standard InChI is InChI=1S/C16H20N2O/c17-10-6-2-1-3-9-16(19)15-12-18-11-13-7-4-5-8-14(13)15/h4-5,7-8,11-12H,1-3,6,9-10,17H2. The number of hydrogen-bond acceptors (Lipinski definition) is 3. The van der Waals surface area contributed by atoms with Crippen molar-refractivity contribution >= 4 is 16.6 Å². The highest BCUT2D eigenvalue weighted by Crippen LogP contribution is 2.19. The molecule has 0 aliphatic carbocycles. The number of rotatable bonds is 7. The monoisotopic (exact) mass is 256 g/mol. The van der Waals surface area contributed by atoms with E-state index in [1.165, 1.54) is 0 Å². The lowest BCUT2D eigenvalue weighted by atomic mass is 10.0. The number of nitrogens with zero attached hydrogens (tertiary/aromatic N) is 1. The highest BCUT2D eigenvalue weighted by molar-refractivity contribution is 6.07. The molecule has 1 heterocycles. The summed E-state index contributed by atoms with van der Waals surface area (Å²) < 4.78 is 0. The van der Waals surface area contributed by atoms with Crippen LogP contribution in [0.4, 0.5) is 0 Å².